The Labute approximate surface area is 137 Å². The second-order valence-corrected chi connectivity index (χ2v) is 5.44. The molecular weight excluding hydrogens is 290 g/mol. The molecule has 0 saturated carbocycles. The van der Waals surface area contributed by atoms with Gasteiger partial charge in [0.15, 0.2) is 0 Å². The Morgan fingerprint density at radius 2 is 2.09 bits per heavy atom. The number of hydrogen-bond acceptors (Lipinski definition) is 4. The van der Waals surface area contributed by atoms with Crippen LogP contribution in [-0.2, 0) is 6.54 Å². The second kappa shape index (κ2) is 8.17. The van der Waals surface area contributed by atoms with E-state index in [1.165, 1.54) is 0 Å². The third-order valence-electron chi connectivity index (χ3n) is 3.30. The molecule has 1 heterocycles. The molecule has 0 atom stereocenters. The van der Waals surface area contributed by atoms with E-state index in [1.54, 1.807) is 18.3 Å². The van der Waals surface area contributed by atoms with Crippen LogP contribution >= 0.6 is 0 Å². The van der Waals surface area contributed by atoms with Crippen molar-refractivity contribution in [1.29, 1.82) is 0 Å². The number of ether oxygens (including phenoxy) is 1. The van der Waals surface area contributed by atoms with E-state index in [0.717, 1.165) is 23.6 Å². The van der Waals surface area contributed by atoms with Crippen molar-refractivity contribution in [3.8, 4) is 5.75 Å². The van der Waals surface area contributed by atoms with Crippen molar-refractivity contribution in [2.75, 3.05) is 25.6 Å². The van der Waals surface area contributed by atoms with Gasteiger partial charge in [-0.2, -0.15) is 0 Å². The highest BCUT2D eigenvalue weighted by Crippen LogP contribution is 2.16. The molecule has 5 heteroatoms. The van der Waals surface area contributed by atoms with Crippen LogP contribution in [0.2, 0.25) is 0 Å². The Morgan fingerprint density at radius 1 is 1.26 bits per heavy atom. The quantitative estimate of drug-likeness (QED) is 0.854. The molecule has 0 aliphatic rings. The number of aromatic nitrogens is 1. The van der Waals surface area contributed by atoms with Crippen molar-refractivity contribution < 1.29 is 9.53 Å². The number of carbonyl (C=O) groups is 1. The Bertz CT molecular complexity index is 656. The molecule has 0 unspecified atom stereocenters. The number of nitrogens with zero attached hydrogens (tertiary/aromatic N) is 2. The van der Waals surface area contributed by atoms with E-state index in [-0.39, 0.29) is 5.91 Å². The fourth-order valence-corrected chi connectivity index (χ4v) is 2.20. The third kappa shape index (κ3) is 4.71. The summed E-state index contributed by atoms with van der Waals surface area (Å²) in [6, 6.07) is 11.1. The van der Waals surface area contributed by atoms with E-state index in [0.29, 0.717) is 18.7 Å². The van der Waals surface area contributed by atoms with Gasteiger partial charge in [-0.15, -0.1) is 0 Å². The summed E-state index contributed by atoms with van der Waals surface area (Å²) in [5, 5.41) is 2.93. The largest absolute Gasteiger partial charge is 0.494 e. The van der Waals surface area contributed by atoms with Gasteiger partial charge in [-0.1, -0.05) is 19.1 Å². The van der Waals surface area contributed by atoms with Crippen LogP contribution in [0.3, 0.4) is 0 Å². The van der Waals surface area contributed by atoms with Crippen molar-refractivity contribution in [3.05, 3.63) is 53.7 Å². The van der Waals surface area contributed by atoms with E-state index in [9.17, 15) is 4.79 Å². The summed E-state index contributed by atoms with van der Waals surface area (Å²) in [7, 11) is 3.87. The number of hydrogen-bond donors (Lipinski definition) is 1. The molecule has 1 aromatic heterocycles. The minimum atomic E-state index is -0.125. The molecule has 23 heavy (non-hydrogen) atoms. The predicted molar refractivity (Wildman–Crippen MR) is 92.0 cm³/mol. The average Bonchev–Trinajstić information content (AvgIpc) is 2.58. The zero-order valence-corrected chi connectivity index (χ0v) is 13.9. The Morgan fingerprint density at radius 3 is 2.83 bits per heavy atom. The number of anilines is 1. The summed E-state index contributed by atoms with van der Waals surface area (Å²) < 4.78 is 5.56. The predicted octanol–water partition coefficient (Wildman–Crippen LogP) is 2.87. The van der Waals surface area contributed by atoms with Gasteiger partial charge in [-0.05, 0) is 30.7 Å². The van der Waals surface area contributed by atoms with Crippen LogP contribution in [-0.4, -0.2) is 31.6 Å². The smallest absolute Gasteiger partial charge is 0.251 e. The molecule has 0 radical (unpaired) electrons. The molecule has 0 saturated heterocycles. The first-order chi connectivity index (χ1) is 11.1. The highest BCUT2D eigenvalue weighted by Gasteiger charge is 2.09. The van der Waals surface area contributed by atoms with Gasteiger partial charge in [0, 0.05) is 38.0 Å². The molecule has 0 bridgehead atoms. The number of rotatable bonds is 7. The molecule has 1 aromatic carbocycles. The fourth-order valence-electron chi connectivity index (χ4n) is 2.20. The normalized spacial score (nSPS) is 10.2. The highest BCUT2D eigenvalue weighted by molar-refractivity contribution is 5.94. The number of benzene rings is 1. The molecule has 0 aliphatic carbocycles. The van der Waals surface area contributed by atoms with Gasteiger partial charge >= 0.3 is 0 Å². The number of amides is 1. The average molecular weight is 313 g/mol. The van der Waals surface area contributed by atoms with Gasteiger partial charge in [0.05, 0.1) is 6.61 Å². The third-order valence-corrected chi connectivity index (χ3v) is 3.30. The van der Waals surface area contributed by atoms with Gasteiger partial charge in [0.1, 0.15) is 11.6 Å². The Kier molecular flexibility index (Phi) is 5.97. The molecule has 122 valence electrons. The summed E-state index contributed by atoms with van der Waals surface area (Å²) >= 11 is 0. The lowest BCUT2D eigenvalue weighted by Crippen LogP contribution is -2.24. The van der Waals surface area contributed by atoms with Crippen molar-refractivity contribution >= 4 is 11.7 Å². The van der Waals surface area contributed by atoms with E-state index in [1.807, 2.05) is 50.2 Å². The summed E-state index contributed by atoms with van der Waals surface area (Å²) in [5.74, 6) is 1.45. The first-order valence-electron chi connectivity index (χ1n) is 7.74. The fraction of sp³-hybridized carbons (Fsp3) is 0.333. The molecular formula is C18H23N3O2. The van der Waals surface area contributed by atoms with Crippen molar-refractivity contribution in [1.82, 2.24) is 10.3 Å². The second-order valence-electron chi connectivity index (χ2n) is 5.44. The topological polar surface area (TPSA) is 54.5 Å². The van der Waals surface area contributed by atoms with Crippen LogP contribution in [0.25, 0.3) is 0 Å². The summed E-state index contributed by atoms with van der Waals surface area (Å²) in [4.78, 5) is 18.6. The van der Waals surface area contributed by atoms with Crippen molar-refractivity contribution in [2.24, 2.45) is 0 Å². The summed E-state index contributed by atoms with van der Waals surface area (Å²) in [6.45, 7) is 3.12. The van der Waals surface area contributed by atoms with E-state index in [2.05, 4.69) is 10.3 Å². The molecule has 2 rings (SSSR count). The lowest BCUT2D eigenvalue weighted by atomic mass is 10.2. The van der Waals surface area contributed by atoms with Crippen molar-refractivity contribution in [3.63, 3.8) is 0 Å². The van der Waals surface area contributed by atoms with Crippen LogP contribution < -0.4 is 15.0 Å². The van der Waals surface area contributed by atoms with Gasteiger partial charge in [-0.3, -0.25) is 4.79 Å². The SMILES string of the molecule is CCCOc1cccc(C(=O)NCc2cccnc2N(C)C)c1. The van der Waals surface area contributed by atoms with E-state index in [4.69, 9.17) is 4.74 Å². The monoisotopic (exact) mass is 313 g/mol. The van der Waals surface area contributed by atoms with Gasteiger partial charge in [0.25, 0.3) is 5.91 Å². The van der Waals surface area contributed by atoms with Crippen LogP contribution in [0.15, 0.2) is 42.6 Å². The first kappa shape index (κ1) is 16.8. The standard InChI is InChI=1S/C18H23N3O2/c1-4-11-23-16-9-5-7-14(12-16)18(22)20-13-15-8-6-10-19-17(15)21(2)3/h5-10,12H,4,11,13H2,1-3H3,(H,20,22). The molecule has 0 spiro atoms. The number of nitrogens with one attached hydrogen (secondary N) is 1. The maximum Gasteiger partial charge on any atom is 0.251 e. The van der Waals surface area contributed by atoms with Crippen molar-refractivity contribution in [2.45, 2.75) is 19.9 Å². The number of pyridine rings is 1. The maximum absolute atomic E-state index is 12.3. The molecule has 1 amide bonds. The number of carbonyl (C=O) groups excluding carboxylic acids is 1. The van der Waals surface area contributed by atoms with Gasteiger partial charge < -0.3 is 15.0 Å². The molecule has 1 N–H and O–H groups in total. The Balaban J connectivity index is 2.03. The van der Waals surface area contributed by atoms with E-state index < -0.39 is 0 Å². The highest BCUT2D eigenvalue weighted by atomic mass is 16.5. The van der Waals surface area contributed by atoms with E-state index >= 15 is 0 Å². The minimum absolute atomic E-state index is 0.125. The van der Waals surface area contributed by atoms with Gasteiger partial charge in [-0.25, -0.2) is 4.98 Å². The summed E-state index contributed by atoms with van der Waals surface area (Å²) in [6.07, 6.45) is 2.68. The van der Waals surface area contributed by atoms with Crippen LogP contribution in [0.1, 0.15) is 29.3 Å². The minimum Gasteiger partial charge on any atom is -0.494 e. The zero-order chi connectivity index (χ0) is 16.7. The zero-order valence-electron chi connectivity index (χ0n) is 13.9. The molecule has 2 aromatic rings. The maximum atomic E-state index is 12.3. The van der Waals surface area contributed by atoms with Crippen LogP contribution in [0.4, 0.5) is 5.82 Å². The molecule has 5 nitrogen and oxygen atoms in total. The first-order valence-corrected chi connectivity index (χ1v) is 7.74. The Hall–Kier alpha value is -2.56. The summed E-state index contributed by atoms with van der Waals surface area (Å²) in [5.41, 5.74) is 1.57. The van der Waals surface area contributed by atoms with Gasteiger partial charge in [0.2, 0.25) is 0 Å². The van der Waals surface area contributed by atoms with Crippen LogP contribution in [0, 0.1) is 0 Å². The van der Waals surface area contributed by atoms with Crippen LogP contribution in [0.5, 0.6) is 5.75 Å². The lowest BCUT2D eigenvalue weighted by Gasteiger charge is -2.16. The molecule has 0 fully saturated rings. The lowest BCUT2D eigenvalue weighted by molar-refractivity contribution is 0.0950. The molecule has 0 aliphatic heterocycles.